The summed E-state index contributed by atoms with van der Waals surface area (Å²) in [5.74, 6) is -0.432. The molecule has 1 aliphatic carbocycles. The zero-order chi connectivity index (χ0) is 21.8. The van der Waals surface area contributed by atoms with Crippen molar-refractivity contribution in [3.63, 3.8) is 0 Å². The third-order valence-corrected chi connectivity index (χ3v) is 6.77. The van der Waals surface area contributed by atoms with E-state index in [1.54, 1.807) is 0 Å². The topological polar surface area (TPSA) is 79.5 Å². The van der Waals surface area contributed by atoms with Crippen LogP contribution in [0.3, 0.4) is 0 Å². The number of fused-ring (bicyclic) bond motifs is 1. The van der Waals surface area contributed by atoms with Crippen LogP contribution >= 0.6 is 23.6 Å². The number of amides is 1. The molecule has 2 rings (SSSR count). The second-order valence-electron chi connectivity index (χ2n) is 7.76. The minimum absolute atomic E-state index is 0.0797. The second kappa shape index (κ2) is 13.6. The van der Waals surface area contributed by atoms with Crippen molar-refractivity contribution in [1.82, 2.24) is 10.9 Å². The summed E-state index contributed by atoms with van der Waals surface area (Å²) in [6.45, 7) is 2.23. The van der Waals surface area contributed by atoms with E-state index in [2.05, 4.69) is 23.1 Å². The summed E-state index contributed by atoms with van der Waals surface area (Å²) < 4.78 is 4.93. The van der Waals surface area contributed by atoms with Crippen molar-refractivity contribution in [1.29, 1.82) is 0 Å². The van der Waals surface area contributed by atoms with Crippen LogP contribution in [0.5, 0.6) is 0 Å². The molecule has 0 saturated carbocycles. The molecule has 1 aromatic rings. The molecule has 1 heterocycles. The number of hydrogen-bond acceptors (Lipinski definition) is 5. The highest BCUT2D eigenvalue weighted by atomic mass is 32.1. The molecular weight excluding hydrogens is 418 g/mol. The van der Waals surface area contributed by atoms with Gasteiger partial charge in [-0.2, -0.15) is 0 Å². The predicted molar refractivity (Wildman–Crippen MR) is 127 cm³/mol. The molecule has 0 atom stereocenters. The quantitative estimate of drug-likeness (QED) is 0.173. The molecule has 1 amide bonds. The summed E-state index contributed by atoms with van der Waals surface area (Å²) in [4.78, 5) is 25.4. The van der Waals surface area contributed by atoms with E-state index < -0.39 is 0 Å². The van der Waals surface area contributed by atoms with Crippen LogP contribution in [0.15, 0.2) is 0 Å². The number of methoxy groups -OCH3 is 1. The maximum Gasteiger partial charge on any atom is 0.341 e. The van der Waals surface area contributed by atoms with Gasteiger partial charge in [-0.15, -0.1) is 11.3 Å². The molecular formula is C22H35N3O3S2. The highest BCUT2D eigenvalue weighted by Crippen LogP contribution is 2.39. The third kappa shape index (κ3) is 7.87. The molecule has 8 heteroatoms. The number of aryl methyl sites for hydroxylation is 1. The molecule has 1 aliphatic rings. The molecule has 6 nitrogen and oxygen atoms in total. The maximum atomic E-state index is 12.2. The molecule has 0 aromatic carbocycles. The summed E-state index contributed by atoms with van der Waals surface area (Å²) in [6, 6.07) is 0. The zero-order valence-corrected chi connectivity index (χ0v) is 19.9. The smallest absolute Gasteiger partial charge is 0.341 e. The van der Waals surface area contributed by atoms with Crippen LogP contribution in [0.2, 0.25) is 0 Å². The van der Waals surface area contributed by atoms with Crippen LogP contribution in [-0.4, -0.2) is 24.1 Å². The average Bonchev–Trinajstić information content (AvgIpc) is 3.31. The van der Waals surface area contributed by atoms with Crippen molar-refractivity contribution in [3.8, 4) is 0 Å². The van der Waals surface area contributed by atoms with Gasteiger partial charge in [0.05, 0.1) is 12.7 Å². The van der Waals surface area contributed by atoms with E-state index in [0.29, 0.717) is 17.0 Å². The van der Waals surface area contributed by atoms with Gasteiger partial charge in [0, 0.05) is 11.3 Å². The highest BCUT2D eigenvalue weighted by molar-refractivity contribution is 7.80. The standard InChI is InChI=1S/C22H35N3O3S2/c1-3-4-5-6-7-8-9-10-11-15-18(26)24-25-22(29)23-20-19(21(27)28-2)16-13-12-14-17(16)30-20/h3-15H2,1-2H3,(H,24,26)(H2,23,25,29). The van der Waals surface area contributed by atoms with Gasteiger partial charge in [0.2, 0.25) is 5.91 Å². The largest absolute Gasteiger partial charge is 0.465 e. The number of hydrazine groups is 1. The molecule has 0 fully saturated rings. The first kappa shape index (κ1) is 24.6. The lowest BCUT2D eigenvalue weighted by molar-refractivity contribution is -0.121. The number of thiophene rings is 1. The van der Waals surface area contributed by atoms with E-state index in [-0.39, 0.29) is 17.0 Å². The van der Waals surface area contributed by atoms with Gasteiger partial charge in [0.25, 0.3) is 0 Å². The summed E-state index contributed by atoms with van der Waals surface area (Å²) in [5, 5.41) is 3.98. The van der Waals surface area contributed by atoms with Crippen LogP contribution < -0.4 is 16.2 Å². The molecule has 0 radical (unpaired) electrons. The number of esters is 1. The number of hydrogen-bond donors (Lipinski definition) is 3. The normalized spacial score (nSPS) is 12.3. The van der Waals surface area contributed by atoms with Gasteiger partial charge >= 0.3 is 5.97 Å². The lowest BCUT2D eigenvalue weighted by atomic mass is 10.1. The lowest BCUT2D eigenvalue weighted by Crippen LogP contribution is -2.43. The molecule has 0 bridgehead atoms. The van der Waals surface area contributed by atoms with Gasteiger partial charge in [-0.25, -0.2) is 4.79 Å². The van der Waals surface area contributed by atoms with Crippen molar-refractivity contribution >= 4 is 45.5 Å². The minimum atomic E-state index is -0.353. The van der Waals surface area contributed by atoms with Crippen LogP contribution in [-0.2, 0) is 22.4 Å². The first-order valence-corrected chi connectivity index (χ1v) is 12.4. The Morgan fingerprint density at radius 3 is 2.33 bits per heavy atom. The summed E-state index contributed by atoms with van der Waals surface area (Å²) >= 11 is 6.80. The average molecular weight is 454 g/mol. The second-order valence-corrected chi connectivity index (χ2v) is 9.27. The van der Waals surface area contributed by atoms with Crippen molar-refractivity contribution in [2.45, 2.75) is 90.4 Å². The van der Waals surface area contributed by atoms with Gasteiger partial charge < -0.3 is 10.1 Å². The Kier molecular flexibility index (Phi) is 11.1. The van der Waals surface area contributed by atoms with Gasteiger partial charge in [0.1, 0.15) is 5.00 Å². The number of carbonyl (C=O) groups is 2. The fourth-order valence-electron chi connectivity index (χ4n) is 3.73. The van der Waals surface area contributed by atoms with Gasteiger partial charge in [-0.05, 0) is 43.5 Å². The van der Waals surface area contributed by atoms with Gasteiger partial charge in [-0.3, -0.25) is 15.6 Å². The van der Waals surface area contributed by atoms with E-state index in [4.69, 9.17) is 17.0 Å². The number of nitrogens with one attached hydrogen (secondary N) is 3. The van der Waals surface area contributed by atoms with Crippen LogP contribution in [0.25, 0.3) is 0 Å². The molecule has 1 aromatic heterocycles. The Morgan fingerprint density at radius 1 is 1.00 bits per heavy atom. The Bertz CT molecular complexity index is 719. The number of unbranched alkanes of at least 4 members (excludes halogenated alkanes) is 8. The minimum Gasteiger partial charge on any atom is -0.465 e. The Hall–Kier alpha value is -1.67. The van der Waals surface area contributed by atoms with Crippen LogP contribution in [0.1, 0.15) is 98.4 Å². The molecule has 0 saturated heterocycles. The SMILES string of the molecule is CCCCCCCCCCCC(=O)NNC(=S)Nc1sc2c(c1C(=O)OC)CCC2. The number of anilines is 1. The van der Waals surface area contributed by atoms with Crippen molar-refractivity contribution in [3.05, 3.63) is 16.0 Å². The Labute approximate surface area is 189 Å². The third-order valence-electron chi connectivity index (χ3n) is 5.36. The lowest BCUT2D eigenvalue weighted by Gasteiger charge is -2.12. The van der Waals surface area contributed by atoms with E-state index in [1.165, 1.54) is 68.3 Å². The molecule has 168 valence electrons. The van der Waals surface area contributed by atoms with Crippen molar-refractivity contribution in [2.75, 3.05) is 12.4 Å². The maximum absolute atomic E-state index is 12.2. The Morgan fingerprint density at radius 2 is 1.67 bits per heavy atom. The van der Waals surface area contributed by atoms with Gasteiger partial charge in [0.15, 0.2) is 5.11 Å². The molecule has 0 aliphatic heterocycles. The fourth-order valence-corrected chi connectivity index (χ4v) is 5.23. The number of ether oxygens (including phenoxy) is 1. The molecule has 30 heavy (non-hydrogen) atoms. The summed E-state index contributed by atoms with van der Waals surface area (Å²) in [6.07, 6.45) is 14.4. The van der Waals surface area contributed by atoms with E-state index in [1.807, 2.05) is 0 Å². The fraction of sp³-hybridized carbons (Fsp3) is 0.682. The summed E-state index contributed by atoms with van der Waals surface area (Å²) in [7, 11) is 1.38. The molecule has 3 N–H and O–H groups in total. The Balaban J connectivity index is 1.63. The number of rotatable bonds is 12. The summed E-state index contributed by atoms with van der Waals surface area (Å²) in [5.41, 5.74) is 7.00. The first-order chi connectivity index (χ1) is 14.6. The molecule has 0 unspecified atom stereocenters. The van der Waals surface area contributed by atoms with E-state index in [9.17, 15) is 9.59 Å². The monoisotopic (exact) mass is 453 g/mol. The number of carbonyl (C=O) groups excluding carboxylic acids is 2. The van der Waals surface area contributed by atoms with Crippen LogP contribution in [0.4, 0.5) is 5.00 Å². The van der Waals surface area contributed by atoms with Crippen LogP contribution in [0, 0.1) is 0 Å². The first-order valence-electron chi connectivity index (χ1n) is 11.2. The molecule has 0 spiro atoms. The van der Waals surface area contributed by atoms with Crippen molar-refractivity contribution in [2.24, 2.45) is 0 Å². The van der Waals surface area contributed by atoms with Gasteiger partial charge in [-0.1, -0.05) is 58.3 Å². The highest BCUT2D eigenvalue weighted by Gasteiger charge is 2.27. The van der Waals surface area contributed by atoms with E-state index in [0.717, 1.165) is 37.7 Å². The van der Waals surface area contributed by atoms with E-state index >= 15 is 0 Å². The zero-order valence-electron chi connectivity index (χ0n) is 18.2. The predicted octanol–water partition coefficient (Wildman–Crippen LogP) is 5.26. The number of thiocarbonyl (C=S) groups is 1. The van der Waals surface area contributed by atoms with Crippen molar-refractivity contribution < 1.29 is 14.3 Å².